The number of hydrogen-bond acceptors (Lipinski definition) is 5. The molecule has 0 bridgehead atoms. The second kappa shape index (κ2) is 9.26. The van der Waals surface area contributed by atoms with Gasteiger partial charge in [-0.3, -0.25) is 4.57 Å². The Balaban J connectivity index is 1.39. The van der Waals surface area contributed by atoms with Crippen molar-refractivity contribution in [3.05, 3.63) is 127 Å². The van der Waals surface area contributed by atoms with Crippen LogP contribution in [0.4, 0.5) is 0 Å². The summed E-state index contributed by atoms with van der Waals surface area (Å²) in [5, 5.41) is 8.70. The van der Waals surface area contributed by atoms with E-state index in [1.807, 2.05) is 23.5 Å². The largest absolute Gasteiger partial charge is 0.453 e. The average molecular weight is 638 g/mol. The molecule has 0 atom stereocenters. The second-order valence-corrected chi connectivity index (χ2v) is 14.3. The van der Waals surface area contributed by atoms with E-state index in [1.165, 1.54) is 52.8 Å². The summed E-state index contributed by atoms with van der Waals surface area (Å²) in [4.78, 5) is 10.7. The quantitative estimate of drug-likeness (QED) is 0.189. The zero-order valence-corrected chi connectivity index (χ0v) is 26.7. The van der Waals surface area contributed by atoms with Crippen LogP contribution < -0.4 is 0 Å². The molecule has 5 aromatic heterocycles. The van der Waals surface area contributed by atoms with Gasteiger partial charge in [-0.05, 0) is 42.0 Å². The smallest absolute Gasteiger partial charge is 0.172 e. The van der Waals surface area contributed by atoms with Gasteiger partial charge in [0.2, 0.25) is 0 Å². The van der Waals surface area contributed by atoms with Gasteiger partial charge in [-0.1, -0.05) is 103 Å². The van der Waals surface area contributed by atoms with Crippen molar-refractivity contribution in [2.24, 2.45) is 0 Å². The third kappa shape index (κ3) is 3.41. The van der Waals surface area contributed by atoms with Gasteiger partial charge in [0.15, 0.2) is 17.2 Å². The molecule has 0 aliphatic heterocycles. The molecule has 0 N–H and O–H groups in total. The Morgan fingerprint density at radius 1 is 0.574 bits per heavy atom. The second-order valence-electron chi connectivity index (χ2n) is 12.2. The maximum Gasteiger partial charge on any atom is 0.172 e. The molecular weight excluding hydrogens is 615 g/mol. The zero-order chi connectivity index (χ0) is 30.8. The Morgan fingerprint density at radius 2 is 1.26 bits per heavy atom. The summed E-state index contributed by atoms with van der Waals surface area (Å²) in [7, 11) is 0. The van der Waals surface area contributed by atoms with E-state index >= 15 is 0 Å². The van der Waals surface area contributed by atoms with Crippen LogP contribution in [0.25, 0.3) is 101 Å². The molecule has 0 saturated heterocycles. The van der Waals surface area contributed by atoms with E-state index in [4.69, 9.17) is 14.4 Å². The minimum Gasteiger partial charge on any atom is -0.453 e. The molecule has 0 aliphatic carbocycles. The summed E-state index contributed by atoms with van der Waals surface area (Å²) in [5.41, 5.74) is 7.04. The number of aromatic nitrogens is 3. The van der Waals surface area contributed by atoms with Gasteiger partial charge in [-0.2, -0.15) is 0 Å². The number of para-hydroxylation sites is 2. The third-order valence-corrected chi connectivity index (χ3v) is 11.9. The Bertz CT molecular complexity index is 3090. The van der Waals surface area contributed by atoms with E-state index in [1.54, 1.807) is 11.3 Å². The lowest BCUT2D eigenvalue weighted by molar-refractivity contribution is 0.672. The van der Waals surface area contributed by atoms with Gasteiger partial charge in [0.05, 0.1) is 20.4 Å². The van der Waals surface area contributed by atoms with Gasteiger partial charge in [-0.25, -0.2) is 9.97 Å². The molecule has 4 nitrogen and oxygen atoms in total. The Labute approximate surface area is 275 Å². The van der Waals surface area contributed by atoms with Crippen molar-refractivity contribution in [3.63, 3.8) is 0 Å². The molecule has 0 amide bonds. The number of furan rings is 1. The highest BCUT2D eigenvalue weighted by molar-refractivity contribution is 7.27. The number of benzene rings is 6. The molecule has 220 valence electrons. The first-order valence-corrected chi connectivity index (χ1v) is 17.3. The van der Waals surface area contributed by atoms with Gasteiger partial charge in [0, 0.05) is 37.2 Å². The molecule has 0 saturated carbocycles. The van der Waals surface area contributed by atoms with E-state index in [0.29, 0.717) is 5.82 Å². The lowest BCUT2D eigenvalue weighted by Gasteiger charge is -2.12. The molecule has 6 heteroatoms. The highest BCUT2D eigenvalue weighted by Gasteiger charge is 2.26. The number of hydrogen-bond donors (Lipinski definition) is 0. The molecule has 47 heavy (non-hydrogen) atoms. The van der Waals surface area contributed by atoms with Crippen molar-refractivity contribution >= 4 is 107 Å². The first kappa shape index (κ1) is 25.6. The van der Waals surface area contributed by atoms with Crippen LogP contribution in [0, 0.1) is 6.92 Å². The molecule has 11 aromatic rings. The number of nitrogens with zero attached hydrogens (tertiary/aromatic N) is 3. The number of fused-ring (bicyclic) bond motifs is 15. The fourth-order valence-electron chi connectivity index (χ4n) is 7.40. The minimum atomic E-state index is 0.687. The Morgan fingerprint density at radius 3 is 2.09 bits per heavy atom. The topological polar surface area (TPSA) is 43.9 Å². The molecular formula is C41H23N3OS2. The molecule has 0 aliphatic rings. The summed E-state index contributed by atoms with van der Waals surface area (Å²) in [6.45, 7) is 2.11. The normalized spacial score (nSPS) is 12.4. The first-order chi connectivity index (χ1) is 23.2. The van der Waals surface area contributed by atoms with Crippen molar-refractivity contribution < 1.29 is 4.42 Å². The maximum atomic E-state index is 6.54. The highest BCUT2D eigenvalue weighted by atomic mass is 32.1. The third-order valence-electron chi connectivity index (χ3n) is 9.49. The highest BCUT2D eigenvalue weighted by Crippen LogP contribution is 2.49. The van der Waals surface area contributed by atoms with Crippen molar-refractivity contribution in [1.82, 2.24) is 14.5 Å². The van der Waals surface area contributed by atoms with Crippen molar-refractivity contribution in [1.29, 1.82) is 0 Å². The van der Waals surface area contributed by atoms with E-state index in [0.717, 1.165) is 48.4 Å². The Hall–Kier alpha value is -5.56. The van der Waals surface area contributed by atoms with Crippen molar-refractivity contribution in [3.8, 4) is 17.2 Å². The fourth-order valence-corrected chi connectivity index (χ4v) is 9.83. The van der Waals surface area contributed by atoms with Crippen molar-refractivity contribution in [2.75, 3.05) is 0 Å². The van der Waals surface area contributed by atoms with Crippen LogP contribution in [0.15, 0.2) is 126 Å². The predicted molar refractivity (Wildman–Crippen MR) is 200 cm³/mol. The molecule has 0 spiro atoms. The summed E-state index contributed by atoms with van der Waals surface area (Å²) in [5.74, 6) is 1.57. The fraction of sp³-hybridized carbons (Fsp3) is 0.0244. The maximum absolute atomic E-state index is 6.54. The van der Waals surface area contributed by atoms with E-state index < -0.39 is 0 Å². The summed E-state index contributed by atoms with van der Waals surface area (Å²) >= 11 is 3.59. The lowest BCUT2D eigenvalue weighted by Crippen LogP contribution is -2.01. The van der Waals surface area contributed by atoms with Crippen LogP contribution in [-0.4, -0.2) is 14.5 Å². The van der Waals surface area contributed by atoms with Gasteiger partial charge >= 0.3 is 0 Å². The van der Waals surface area contributed by atoms with Gasteiger partial charge < -0.3 is 4.42 Å². The predicted octanol–water partition coefficient (Wildman–Crippen LogP) is 12.2. The molecule has 11 rings (SSSR count). The first-order valence-electron chi connectivity index (χ1n) is 15.7. The summed E-state index contributed by atoms with van der Waals surface area (Å²) in [6, 6.07) is 43.2. The van der Waals surface area contributed by atoms with Crippen LogP contribution in [0.2, 0.25) is 0 Å². The van der Waals surface area contributed by atoms with Crippen LogP contribution >= 0.6 is 22.7 Å². The van der Waals surface area contributed by atoms with Crippen LogP contribution in [0.1, 0.15) is 5.56 Å². The lowest BCUT2D eigenvalue weighted by atomic mass is 9.99. The van der Waals surface area contributed by atoms with Gasteiger partial charge in [-0.15, -0.1) is 22.7 Å². The molecule has 5 heterocycles. The summed E-state index contributed by atoms with van der Waals surface area (Å²) < 4.78 is 13.6. The number of rotatable bonds is 2. The molecule has 0 radical (unpaired) electrons. The molecule has 6 aromatic carbocycles. The average Bonchev–Trinajstić information content (AvgIpc) is 3.86. The van der Waals surface area contributed by atoms with Gasteiger partial charge in [0.25, 0.3) is 0 Å². The summed E-state index contributed by atoms with van der Waals surface area (Å²) in [6.07, 6.45) is 0. The number of thiophene rings is 2. The van der Waals surface area contributed by atoms with Gasteiger partial charge in [0.1, 0.15) is 15.8 Å². The zero-order valence-electron chi connectivity index (χ0n) is 25.1. The minimum absolute atomic E-state index is 0.687. The molecule has 0 unspecified atom stereocenters. The molecule has 0 fully saturated rings. The van der Waals surface area contributed by atoms with E-state index in [-0.39, 0.29) is 0 Å². The van der Waals surface area contributed by atoms with Crippen LogP contribution in [-0.2, 0) is 0 Å². The van der Waals surface area contributed by atoms with Crippen molar-refractivity contribution in [2.45, 2.75) is 6.92 Å². The van der Waals surface area contributed by atoms with Crippen LogP contribution in [0.5, 0.6) is 0 Å². The van der Waals surface area contributed by atoms with E-state index in [2.05, 4.69) is 121 Å². The Kier molecular flexibility index (Phi) is 5.04. The standard InChI is InChI=1S/C41H23N3OS2/c1-22-18-20-23(21-19-22)40-42-34-36-37(27-13-5-8-16-30(27)45-36)47-39(34)41(43-40)44-29-15-7-4-12-26(29)32-24-10-2-3-11-25(24)33-28-14-6-9-17-31(28)46-38(33)35(32)44/h2-21H,1H3. The monoisotopic (exact) mass is 637 g/mol. The van der Waals surface area contributed by atoms with E-state index in [9.17, 15) is 0 Å². The number of aryl methyl sites for hydroxylation is 1. The van der Waals surface area contributed by atoms with Crippen LogP contribution in [0.3, 0.4) is 0 Å². The SMILES string of the molecule is Cc1ccc(-c2nc(-n3c4ccccc4c4c5ccccc5c5c6ccccc6sc5c43)c3sc4c5ccccc5oc4c3n2)cc1.